The van der Waals surface area contributed by atoms with E-state index in [4.69, 9.17) is 4.98 Å². The topological polar surface area (TPSA) is 87.5 Å². The van der Waals surface area contributed by atoms with Crippen LogP contribution in [0.25, 0.3) is 28.0 Å². The van der Waals surface area contributed by atoms with E-state index in [0.29, 0.717) is 54.4 Å². The lowest BCUT2D eigenvalue weighted by Crippen LogP contribution is -2.54. The van der Waals surface area contributed by atoms with Gasteiger partial charge < -0.3 is 14.7 Å². The number of anilines is 2. The number of piperazine rings is 1. The quantitative estimate of drug-likeness (QED) is 0.297. The Bertz CT molecular complexity index is 1860. The van der Waals surface area contributed by atoms with Crippen LogP contribution in [0, 0.1) is 11.6 Å². The van der Waals surface area contributed by atoms with Crippen LogP contribution in [0.1, 0.15) is 32.4 Å². The van der Waals surface area contributed by atoms with Crippen LogP contribution in [0.3, 0.4) is 0 Å². The van der Waals surface area contributed by atoms with Crippen LogP contribution in [-0.2, 0) is 4.79 Å². The summed E-state index contributed by atoms with van der Waals surface area (Å²) in [6, 6.07) is 7.53. The van der Waals surface area contributed by atoms with Crippen molar-refractivity contribution in [3.63, 3.8) is 0 Å². The molecular weight excluding hydrogens is 584 g/mol. The smallest absolute Gasteiger partial charge is 0.355 e. The molecule has 0 unspecified atom stereocenters. The van der Waals surface area contributed by atoms with Gasteiger partial charge in [0.15, 0.2) is 11.5 Å². The number of halogens is 2. The lowest BCUT2D eigenvalue weighted by atomic mass is 10.0. The minimum atomic E-state index is -0.736. The molecule has 0 aliphatic carbocycles. The monoisotopic (exact) mass is 617 g/mol. The molecule has 12 heteroatoms. The first-order valence-corrected chi connectivity index (χ1v) is 15.5. The van der Waals surface area contributed by atoms with Crippen LogP contribution < -0.4 is 15.5 Å². The molecule has 0 radical (unpaired) electrons. The molecular formula is C32H33F2N7O2S. The molecule has 1 saturated heterocycles. The number of carbonyl (C=O) groups is 1. The number of hydrogen-bond acceptors (Lipinski definition) is 8. The maximum atomic E-state index is 16.3. The third-order valence-corrected chi connectivity index (χ3v) is 9.22. The first kappa shape index (κ1) is 29.7. The summed E-state index contributed by atoms with van der Waals surface area (Å²) < 4.78 is 33.2. The zero-order valence-corrected chi connectivity index (χ0v) is 25.9. The van der Waals surface area contributed by atoms with Gasteiger partial charge in [-0.1, -0.05) is 26.5 Å². The van der Waals surface area contributed by atoms with Gasteiger partial charge in [0, 0.05) is 61.8 Å². The van der Waals surface area contributed by atoms with E-state index in [1.165, 1.54) is 22.8 Å². The fourth-order valence-corrected chi connectivity index (χ4v) is 7.07. The number of thioether (sulfide) groups is 1. The summed E-state index contributed by atoms with van der Waals surface area (Å²) in [5.41, 5.74) is 1.09. The number of rotatable bonds is 3. The fourth-order valence-electron chi connectivity index (χ4n) is 6.00. The van der Waals surface area contributed by atoms with Crippen molar-refractivity contribution in [2.45, 2.75) is 37.6 Å². The second-order valence-electron chi connectivity index (χ2n) is 11.4. The van der Waals surface area contributed by atoms with E-state index in [0.717, 1.165) is 4.90 Å². The Morgan fingerprint density at radius 2 is 1.93 bits per heavy atom. The van der Waals surface area contributed by atoms with Gasteiger partial charge in [0.25, 0.3) is 0 Å². The van der Waals surface area contributed by atoms with Crippen LogP contribution in [0.4, 0.5) is 20.3 Å². The van der Waals surface area contributed by atoms with Crippen molar-refractivity contribution >= 4 is 40.2 Å². The summed E-state index contributed by atoms with van der Waals surface area (Å²) in [7, 11) is 1.84. The van der Waals surface area contributed by atoms with Crippen LogP contribution in [0.15, 0.2) is 58.9 Å². The van der Waals surface area contributed by atoms with Gasteiger partial charge in [-0.3, -0.25) is 9.78 Å². The highest BCUT2D eigenvalue weighted by atomic mass is 32.2. The minimum Gasteiger partial charge on any atom is -0.373 e. The highest BCUT2D eigenvalue weighted by molar-refractivity contribution is 7.99. The largest absolute Gasteiger partial charge is 0.373 e. The van der Waals surface area contributed by atoms with Gasteiger partial charge in [-0.25, -0.2) is 23.1 Å². The number of amides is 1. The van der Waals surface area contributed by atoms with Crippen molar-refractivity contribution in [3.8, 4) is 16.9 Å². The van der Waals surface area contributed by atoms with E-state index < -0.39 is 17.3 Å². The Morgan fingerprint density at radius 1 is 1.14 bits per heavy atom. The fraction of sp³-hybridized carbons (Fsp3) is 0.344. The second kappa shape index (κ2) is 11.6. The molecule has 0 saturated carbocycles. The Morgan fingerprint density at radius 3 is 2.66 bits per heavy atom. The van der Waals surface area contributed by atoms with Crippen LogP contribution in [-0.4, -0.2) is 75.3 Å². The molecule has 4 aromatic rings. The lowest BCUT2D eigenvalue weighted by molar-refractivity contribution is -0.126. The standard InChI is InChI=1S/C32H33F2N7O2S/c1-6-25(42)39-12-13-40(19(4)17-39)30-20-16-22(34)28-26-21(33)8-7-9-23(26)38(5)14-15-44-24-10-11-35-27(18(2)3)29(24)41(31(20)36-28)32(43)37-30/h6-11,16,18-19H,1,12-15,17H2,2-5H3/t19-/m0/s1. The van der Waals surface area contributed by atoms with E-state index >= 15 is 8.78 Å². The molecule has 0 spiro atoms. The summed E-state index contributed by atoms with van der Waals surface area (Å²) in [4.78, 5) is 46.7. The highest BCUT2D eigenvalue weighted by Crippen LogP contribution is 2.39. The molecule has 6 rings (SSSR count). The molecule has 2 bridgehead atoms. The van der Waals surface area contributed by atoms with E-state index in [1.807, 2.05) is 43.7 Å². The second-order valence-corrected chi connectivity index (χ2v) is 12.5. The normalized spacial score (nSPS) is 16.9. The van der Waals surface area contributed by atoms with Gasteiger partial charge in [-0.2, -0.15) is 4.98 Å². The summed E-state index contributed by atoms with van der Waals surface area (Å²) in [6.07, 6.45) is 3.00. The summed E-state index contributed by atoms with van der Waals surface area (Å²) >= 11 is 1.55. The maximum Gasteiger partial charge on any atom is 0.355 e. The van der Waals surface area contributed by atoms with E-state index in [1.54, 1.807) is 35.0 Å². The van der Waals surface area contributed by atoms with Crippen molar-refractivity contribution in [1.29, 1.82) is 0 Å². The highest BCUT2D eigenvalue weighted by Gasteiger charge is 2.31. The number of aromatic nitrogens is 4. The molecule has 1 atom stereocenters. The zero-order chi connectivity index (χ0) is 31.3. The Hall–Kier alpha value is -4.32. The zero-order valence-electron chi connectivity index (χ0n) is 25.0. The molecule has 9 nitrogen and oxygen atoms in total. The molecule has 1 amide bonds. The molecule has 3 aromatic heterocycles. The lowest BCUT2D eigenvalue weighted by Gasteiger charge is -2.40. The van der Waals surface area contributed by atoms with Gasteiger partial charge >= 0.3 is 5.69 Å². The van der Waals surface area contributed by atoms with Crippen molar-refractivity contribution < 1.29 is 13.6 Å². The molecule has 0 N–H and O–H groups in total. The molecule has 2 aliphatic rings. The molecule has 1 fully saturated rings. The summed E-state index contributed by atoms with van der Waals surface area (Å²) in [5.74, 6) is -0.720. The molecule has 5 heterocycles. The van der Waals surface area contributed by atoms with Crippen molar-refractivity contribution in [3.05, 3.63) is 77.0 Å². The van der Waals surface area contributed by atoms with Crippen LogP contribution >= 0.6 is 11.8 Å². The van der Waals surface area contributed by atoms with E-state index in [2.05, 4.69) is 16.5 Å². The van der Waals surface area contributed by atoms with Crippen molar-refractivity contribution in [1.82, 2.24) is 24.4 Å². The Labute approximate surface area is 258 Å². The first-order chi connectivity index (χ1) is 21.1. The van der Waals surface area contributed by atoms with Crippen LogP contribution in [0.5, 0.6) is 0 Å². The van der Waals surface area contributed by atoms with Gasteiger partial charge in [-0.05, 0) is 43.2 Å². The Kier molecular flexibility index (Phi) is 7.87. The number of benzene rings is 1. The molecule has 44 heavy (non-hydrogen) atoms. The van der Waals surface area contributed by atoms with Gasteiger partial charge in [0.05, 0.1) is 22.3 Å². The number of nitrogens with zero attached hydrogens (tertiary/aromatic N) is 7. The van der Waals surface area contributed by atoms with Crippen molar-refractivity contribution in [2.75, 3.05) is 48.8 Å². The predicted molar refractivity (Wildman–Crippen MR) is 170 cm³/mol. The Balaban J connectivity index is 1.70. The molecule has 228 valence electrons. The molecule has 2 aliphatic heterocycles. The average Bonchev–Trinajstić information content (AvgIpc) is 3.00. The predicted octanol–water partition coefficient (Wildman–Crippen LogP) is 5.01. The third kappa shape index (κ3) is 5.00. The maximum absolute atomic E-state index is 16.3. The van der Waals surface area contributed by atoms with Crippen molar-refractivity contribution in [2.24, 2.45) is 0 Å². The number of pyridine rings is 2. The van der Waals surface area contributed by atoms with E-state index in [-0.39, 0.29) is 40.6 Å². The summed E-state index contributed by atoms with van der Waals surface area (Å²) in [6.45, 7) is 11.1. The summed E-state index contributed by atoms with van der Waals surface area (Å²) in [5, 5.41) is 0.305. The SMILES string of the molecule is C=CC(=O)N1CCN(c2nc(=O)n3c4nc(c(F)cc24)-c2c(F)cccc2N(C)CCSc2ccnc(C(C)C)c2-3)[C@@H](C)C1. The van der Waals surface area contributed by atoms with Gasteiger partial charge in [-0.15, -0.1) is 11.8 Å². The van der Waals surface area contributed by atoms with Crippen LogP contribution in [0.2, 0.25) is 0 Å². The van der Waals surface area contributed by atoms with Gasteiger partial charge in [0.1, 0.15) is 17.3 Å². The van der Waals surface area contributed by atoms with E-state index in [9.17, 15) is 9.59 Å². The number of hydrogen-bond donors (Lipinski definition) is 0. The minimum absolute atomic E-state index is 0.0257. The molecule has 1 aromatic carbocycles. The first-order valence-electron chi connectivity index (χ1n) is 14.5. The third-order valence-electron chi connectivity index (χ3n) is 8.20. The number of carbonyl (C=O) groups excluding carboxylic acids is 1. The average molecular weight is 618 g/mol. The number of fused-ring (bicyclic) bond motifs is 5. The van der Waals surface area contributed by atoms with Gasteiger partial charge in [0.2, 0.25) is 5.91 Å².